The minimum atomic E-state index is -0.429. The summed E-state index contributed by atoms with van der Waals surface area (Å²) in [6.07, 6.45) is 7.21. The first-order valence-electron chi connectivity index (χ1n) is 13.0. The minimum Gasteiger partial charge on any atom is -0.478 e. The second-order valence-electron chi connectivity index (χ2n) is 9.87. The van der Waals surface area contributed by atoms with Gasteiger partial charge in [0.2, 0.25) is 11.8 Å². The van der Waals surface area contributed by atoms with E-state index in [0.717, 1.165) is 62.4 Å². The highest BCUT2D eigenvalue weighted by molar-refractivity contribution is 7.13. The molecule has 5 rings (SSSR count). The number of carbonyl (C=O) groups is 2. The molecule has 38 heavy (non-hydrogen) atoms. The Kier molecular flexibility index (Phi) is 8.44. The zero-order valence-corrected chi connectivity index (χ0v) is 22.3. The molecule has 5 heterocycles. The molecule has 2 N–H and O–H groups in total. The number of pyridine rings is 2. The number of hydrogen-bond donors (Lipinski definition) is 2. The highest BCUT2D eigenvalue weighted by Gasteiger charge is 2.32. The number of thiazole rings is 1. The minimum absolute atomic E-state index is 0.178. The van der Waals surface area contributed by atoms with Gasteiger partial charge in [-0.05, 0) is 69.9 Å². The summed E-state index contributed by atoms with van der Waals surface area (Å²) in [6.45, 7) is 4.17. The predicted octanol–water partition coefficient (Wildman–Crippen LogP) is 4.20. The molecule has 0 aromatic carbocycles. The summed E-state index contributed by atoms with van der Waals surface area (Å²) in [5.41, 5.74) is 0.944. The molecule has 2 aliphatic rings. The standard InChI is InChI=1S/C27H33N7O3S/c1-33-13-8-21(9-14-33)26(35)34-15-7-19(17-34)10-16-37-24-4-2-3-22(29-24)31-27(36)32-23-18-38-25(30-23)20-5-11-28-12-6-20/h2-6,11-12,18-19,21H,7-10,13-17H2,1H3,(H2,29,31,32,36). The van der Waals surface area contributed by atoms with E-state index in [4.69, 9.17) is 4.74 Å². The number of rotatable bonds is 8. The summed E-state index contributed by atoms with van der Waals surface area (Å²) in [7, 11) is 2.12. The van der Waals surface area contributed by atoms with E-state index in [1.54, 1.807) is 36.0 Å². The second-order valence-corrected chi connectivity index (χ2v) is 10.7. The number of urea groups is 1. The van der Waals surface area contributed by atoms with Gasteiger partial charge in [0.05, 0.1) is 6.61 Å². The van der Waals surface area contributed by atoms with Crippen molar-refractivity contribution < 1.29 is 14.3 Å². The maximum Gasteiger partial charge on any atom is 0.326 e. The zero-order valence-electron chi connectivity index (χ0n) is 21.5. The summed E-state index contributed by atoms with van der Waals surface area (Å²) >= 11 is 1.44. The molecule has 1 atom stereocenters. The van der Waals surface area contributed by atoms with Crippen LogP contribution >= 0.6 is 11.3 Å². The summed E-state index contributed by atoms with van der Waals surface area (Å²) < 4.78 is 5.88. The smallest absolute Gasteiger partial charge is 0.326 e. The monoisotopic (exact) mass is 535 g/mol. The van der Waals surface area contributed by atoms with Gasteiger partial charge in [0.15, 0.2) is 0 Å². The Balaban J connectivity index is 1.05. The average Bonchev–Trinajstić information content (AvgIpc) is 3.59. The molecule has 3 aromatic rings. The Morgan fingerprint density at radius 1 is 1.03 bits per heavy atom. The van der Waals surface area contributed by atoms with E-state index in [-0.39, 0.29) is 5.92 Å². The number of piperidine rings is 1. The molecular weight excluding hydrogens is 502 g/mol. The zero-order chi connectivity index (χ0) is 26.3. The Hall–Kier alpha value is -3.57. The lowest BCUT2D eigenvalue weighted by Gasteiger charge is -2.30. The number of anilines is 2. The van der Waals surface area contributed by atoms with Crippen LogP contribution in [0.2, 0.25) is 0 Å². The first kappa shape index (κ1) is 26.1. The van der Waals surface area contributed by atoms with Crippen molar-refractivity contribution >= 4 is 34.9 Å². The van der Waals surface area contributed by atoms with E-state index in [1.807, 2.05) is 17.0 Å². The van der Waals surface area contributed by atoms with Gasteiger partial charge >= 0.3 is 6.03 Å². The normalized spacial score (nSPS) is 18.3. The van der Waals surface area contributed by atoms with Crippen LogP contribution in [0.3, 0.4) is 0 Å². The molecule has 11 heteroatoms. The van der Waals surface area contributed by atoms with Crippen molar-refractivity contribution in [2.24, 2.45) is 11.8 Å². The van der Waals surface area contributed by atoms with Gasteiger partial charge in [0.25, 0.3) is 0 Å². The van der Waals surface area contributed by atoms with Crippen LogP contribution in [0.1, 0.15) is 25.7 Å². The molecule has 2 aliphatic heterocycles. The van der Waals surface area contributed by atoms with Crippen LogP contribution < -0.4 is 15.4 Å². The quantitative estimate of drug-likeness (QED) is 0.444. The number of likely N-dealkylation sites (tertiary alicyclic amines) is 2. The molecule has 0 saturated carbocycles. The van der Waals surface area contributed by atoms with Crippen LogP contribution in [-0.2, 0) is 4.79 Å². The van der Waals surface area contributed by atoms with Crippen molar-refractivity contribution in [3.63, 3.8) is 0 Å². The number of nitrogens with zero attached hydrogens (tertiary/aromatic N) is 5. The fourth-order valence-corrected chi connectivity index (χ4v) is 5.66. The van der Waals surface area contributed by atoms with Crippen LogP contribution in [0, 0.1) is 11.8 Å². The summed E-state index contributed by atoms with van der Waals surface area (Å²) in [4.78, 5) is 42.5. The Morgan fingerprint density at radius 3 is 2.63 bits per heavy atom. The molecule has 10 nitrogen and oxygen atoms in total. The summed E-state index contributed by atoms with van der Waals surface area (Å²) in [5.74, 6) is 2.25. The largest absolute Gasteiger partial charge is 0.478 e. The molecule has 200 valence electrons. The van der Waals surface area contributed by atoms with E-state index in [9.17, 15) is 9.59 Å². The van der Waals surface area contributed by atoms with Crippen molar-refractivity contribution in [1.29, 1.82) is 0 Å². The van der Waals surface area contributed by atoms with Gasteiger partial charge in [-0.1, -0.05) is 6.07 Å². The van der Waals surface area contributed by atoms with Crippen molar-refractivity contribution in [2.75, 3.05) is 50.5 Å². The third-order valence-electron chi connectivity index (χ3n) is 7.08. The Bertz CT molecular complexity index is 1230. The number of hydrogen-bond acceptors (Lipinski definition) is 8. The van der Waals surface area contributed by atoms with Crippen LogP contribution in [-0.4, -0.2) is 76.5 Å². The van der Waals surface area contributed by atoms with Crippen LogP contribution in [0.4, 0.5) is 16.4 Å². The number of nitrogens with one attached hydrogen (secondary N) is 2. The van der Waals surface area contributed by atoms with Gasteiger partial charge < -0.3 is 14.5 Å². The maximum absolute atomic E-state index is 12.9. The topological polar surface area (TPSA) is 113 Å². The Labute approximate surface area is 226 Å². The highest BCUT2D eigenvalue weighted by Crippen LogP contribution is 2.26. The molecule has 0 spiro atoms. The van der Waals surface area contributed by atoms with Crippen molar-refractivity contribution in [3.8, 4) is 16.5 Å². The fraction of sp³-hybridized carbons (Fsp3) is 0.444. The van der Waals surface area contributed by atoms with E-state index in [2.05, 4.69) is 37.5 Å². The van der Waals surface area contributed by atoms with Crippen LogP contribution in [0.25, 0.3) is 10.6 Å². The molecule has 2 saturated heterocycles. The SMILES string of the molecule is CN1CCC(C(=O)N2CCC(CCOc3cccc(NC(=O)Nc4csc(-c5ccncc5)n4)n3)C2)CC1. The third-order valence-corrected chi connectivity index (χ3v) is 7.97. The molecule has 3 aromatic heterocycles. The van der Waals surface area contributed by atoms with Gasteiger partial charge in [-0.25, -0.2) is 9.78 Å². The van der Waals surface area contributed by atoms with E-state index in [1.165, 1.54) is 11.3 Å². The van der Waals surface area contributed by atoms with Gasteiger partial charge in [0.1, 0.15) is 16.6 Å². The van der Waals surface area contributed by atoms with Gasteiger partial charge in [0, 0.05) is 48.4 Å². The van der Waals surface area contributed by atoms with Gasteiger partial charge in [-0.15, -0.1) is 11.3 Å². The van der Waals surface area contributed by atoms with Crippen molar-refractivity contribution in [2.45, 2.75) is 25.7 Å². The molecule has 0 radical (unpaired) electrons. The van der Waals surface area contributed by atoms with E-state index in [0.29, 0.717) is 35.9 Å². The highest BCUT2D eigenvalue weighted by atomic mass is 32.1. The van der Waals surface area contributed by atoms with E-state index < -0.39 is 6.03 Å². The first-order chi connectivity index (χ1) is 18.5. The maximum atomic E-state index is 12.9. The van der Waals surface area contributed by atoms with Gasteiger partial charge in [-0.3, -0.25) is 20.4 Å². The van der Waals surface area contributed by atoms with Crippen LogP contribution in [0.15, 0.2) is 48.1 Å². The number of carbonyl (C=O) groups excluding carboxylic acids is 2. The molecule has 1 unspecified atom stereocenters. The van der Waals surface area contributed by atoms with Crippen molar-refractivity contribution in [3.05, 3.63) is 48.1 Å². The molecule has 0 aliphatic carbocycles. The summed E-state index contributed by atoms with van der Waals surface area (Å²) in [6, 6.07) is 8.59. The molecule has 3 amide bonds. The molecule has 2 fully saturated rings. The fourth-order valence-electron chi connectivity index (χ4n) is 4.90. The lowest BCUT2D eigenvalue weighted by atomic mass is 9.95. The number of aromatic nitrogens is 3. The molecular formula is C27H33N7O3S. The first-order valence-corrected chi connectivity index (χ1v) is 13.9. The van der Waals surface area contributed by atoms with Crippen molar-refractivity contribution in [1.82, 2.24) is 24.8 Å². The number of amides is 3. The Morgan fingerprint density at radius 2 is 1.82 bits per heavy atom. The number of ether oxygens (including phenoxy) is 1. The molecule has 0 bridgehead atoms. The predicted molar refractivity (Wildman–Crippen MR) is 147 cm³/mol. The average molecular weight is 536 g/mol. The van der Waals surface area contributed by atoms with E-state index >= 15 is 0 Å². The third kappa shape index (κ3) is 6.84. The van der Waals surface area contributed by atoms with Gasteiger partial charge in [-0.2, -0.15) is 4.98 Å². The van der Waals surface area contributed by atoms with Crippen LogP contribution in [0.5, 0.6) is 5.88 Å². The second kappa shape index (κ2) is 12.3. The summed E-state index contributed by atoms with van der Waals surface area (Å²) in [5, 5.41) is 8.05. The lowest BCUT2D eigenvalue weighted by molar-refractivity contribution is -0.136. The lowest BCUT2D eigenvalue weighted by Crippen LogP contribution is -2.40.